The Morgan fingerprint density at radius 1 is 1.30 bits per heavy atom. The zero-order valence-electron chi connectivity index (χ0n) is 12.3. The van der Waals surface area contributed by atoms with Gasteiger partial charge >= 0.3 is 0 Å². The molecule has 0 fully saturated rings. The van der Waals surface area contributed by atoms with Gasteiger partial charge in [-0.3, -0.25) is 0 Å². The average Bonchev–Trinajstić information content (AvgIpc) is 2.99. The molecule has 0 saturated heterocycles. The maximum absolute atomic E-state index is 6.14. The monoisotopic (exact) mass is 271 g/mol. The van der Waals surface area contributed by atoms with Gasteiger partial charge in [0.1, 0.15) is 23.4 Å². The van der Waals surface area contributed by atoms with E-state index < -0.39 is 0 Å². The predicted octanol–water partition coefficient (Wildman–Crippen LogP) is 3.55. The lowest BCUT2D eigenvalue weighted by molar-refractivity contribution is 0.178. The number of benzene rings is 1. The SMILES string of the molecule is CCNC(c1cc(C)oc1C)C1Cc2ccccc2O1. The highest BCUT2D eigenvalue weighted by molar-refractivity contribution is 5.39. The minimum atomic E-state index is 0.128. The molecule has 0 radical (unpaired) electrons. The molecular formula is C17H21NO2. The quantitative estimate of drug-likeness (QED) is 0.923. The molecule has 0 amide bonds. The van der Waals surface area contributed by atoms with Crippen LogP contribution in [0.2, 0.25) is 0 Å². The molecule has 3 nitrogen and oxygen atoms in total. The molecular weight excluding hydrogens is 250 g/mol. The summed E-state index contributed by atoms with van der Waals surface area (Å²) in [6.07, 6.45) is 1.07. The standard InChI is InChI=1S/C17H21NO2/c1-4-18-17(14-9-11(2)19-12(14)3)16-10-13-7-5-6-8-15(13)20-16/h5-9,16-18H,4,10H2,1-3H3. The van der Waals surface area contributed by atoms with Crippen molar-refractivity contribution in [2.24, 2.45) is 0 Å². The molecule has 1 aromatic carbocycles. The van der Waals surface area contributed by atoms with Crippen LogP contribution in [0.3, 0.4) is 0 Å². The maximum atomic E-state index is 6.14. The number of hydrogen-bond acceptors (Lipinski definition) is 3. The molecule has 0 bridgehead atoms. The Kier molecular flexibility index (Phi) is 3.53. The summed E-state index contributed by atoms with van der Waals surface area (Å²) in [5, 5.41) is 3.54. The first-order valence-electron chi connectivity index (χ1n) is 7.24. The van der Waals surface area contributed by atoms with Gasteiger partial charge in [0.2, 0.25) is 0 Å². The summed E-state index contributed by atoms with van der Waals surface area (Å²) in [5.74, 6) is 2.95. The van der Waals surface area contributed by atoms with Gasteiger partial charge in [0.15, 0.2) is 0 Å². The van der Waals surface area contributed by atoms with E-state index in [0.29, 0.717) is 0 Å². The number of para-hydroxylation sites is 1. The maximum Gasteiger partial charge on any atom is 0.123 e. The van der Waals surface area contributed by atoms with E-state index in [2.05, 4.69) is 30.4 Å². The summed E-state index contributed by atoms with van der Waals surface area (Å²) in [4.78, 5) is 0. The second-order valence-corrected chi connectivity index (χ2v) is 5.37. The Morgan fingerprint density at radius 3 is 2.75 bits per heavy atom. The van der Waals surface area contributed by atoms with Crippen LogP contribution < -0.4 is 10.1 Å². The molecule has 0 saturated carbocycles. The van der Waals surface area contributed by atoms with Gasteiger partial charge in [0, 0.05) is 12.0 Å². The average molecular weight is 271 g/mol. The molecule has 1 aromatic heterocycles. The highest BCUT2D eigenvalue weighted by atomic mass is 16.5. The number of likely N-dealkylation sites (N-methyl/N-ethyl adjacent to an activating group) is 1. The van der Waals surface area contributed by atoms with Crippen LogP contribution in [-0.4, -0.2) is 12.6 Å². The van der Waals surface area contributed by atoms with Gasteiger partial charge in [-0.1, -0.05) is 25.1 Å². The van der Waals surface area contributed by atoms with E-state index in [1.165, 1.54) is 11.1 Å². The number of aryl methyl sites for hydroxylation is 2. The van der Waals surface area contributed by atoms with Crippen LogP contribution in [-0.2, 0) is 6.42 Å². The van der Waals surface area contributed by atoms with Gasteiger partial charge in [-0.25, -0.2) is 0 Å². The third kappa shape index (κ3) is 2.34. The molecule has 1 aliphatic heterocycles. The fraction of sp³-hybridized carbons (Fsp3) is 0.412. The van der Waals surface area contributed by atoms with Crippen LogP contribution in [0.5, 0.6) is 5.75 Å². The third-order valence-electron chi connectivity index (χ3n) is 3.88. The lowest BCUT2D eigenvalue weighted by atomic mass is 9.98. The molecule has 0 spiro atoms. The minimum absolute atomic E-state index is 0.128. The van der Waals surface area contributed by atoms with E-state index in [-0.39, 0.29) is 12.1 Å². The van der Waals surface area contributed by atoms with E-state index in [1.54, 1.807) is 0 Å². The second kappa shape index (κ2) is 5.33. The van der Waals surface area contributed by atoms with E-state index in [1.807, 2.05) is 26.0 Å². The number of hydrogen-bond donors (Lipinski definition) is 1. The first-order chi connectivity index (χ1) is 9.69. The van der Waals surface area contributed by atoms with E-state index >= 15 is 0 Å². The van der Waals surface area contributed by atoms with E-state index in [0.717, 1.165) is 30.2 Å². The summed E-state index contributed by atoms with van der Waals surface area (Å²) in [6.45, 7) is 7.04. The molecule has 106 valence electrons. The van der Waals surface area contributed by atoms with Crippen LogP contribution in [0.25, 0.3) is 0 Å². The number of ether oxygens (including phenoxy) is 1. The van der Waals surface area contributed by atoms with Crippen molar-refractivity contribution in [3.8, 4) is 5.75 Å². The van der Waals surface area contributed by atoms with Crippen molar-refractivity contribution in [2.75, 3.05) is 6.54 Å². The first-order valence-corrected chi connectivity index (χ1v) is 7.24. The van der Waals surface area contributed by atoms with Crippen molar-refractivity contribution < 1.29 is 9.15 Å². The summed E-state index contributed by atoms with van der Waals surface area (Å²) >= 11 is 0. The van der Waals surface area contributed by atoms with Crippen LogP contribution in [0.4, 0.5) is 0 Å². The lowest BCUT2D eigenvalue weighted by Gasteiger charge is -2.23. The van der Waals surface area contributed by atoms with Gasteiger partial charge in [0.05, 0.1) is 6.04 Å². The predicted molar refractivity (Wildman–Crippen MR) is 79.2 cm³/mol. The summed E-state index contributed by atoms with van der Waals surface area (Å²) in [7, 11) is 0. The van der Waals surface area contributed by atoms with Crippen LogP contribution in [0, 0.1) is 13.8 Å². The normalized spacial score (nSPS) is 18.6. The fourth-order valence-corrected chi connectivity index (χ4v) is 3.02. The Bertz CT molecular complexity index is 578. The highest BCUT2D eigenvalue weighted by Crippen LogP contribution is 2.35. The van der Waals surface area contributed by atoms with Crippen molar-refractivity contribution in [3.05, 3.63) is 53.0 Å². The third-order valence-corrected chi connectivity index (χ3v) is 3.88. The molecule has 1 aliphatic rings. The van der Waals surface area contributed by atoms with Crippen molar-refractivity contribution in [1.29, 1.82) is 0 Å². The topological polar surface area (TPSA) is 34.4 Å². The van der Waals surface area contributed by atoms with Crippen LogP contribution >= 0.6 is 0 Å². The number of furan rings is 1. The Morgan fingerprint density at radius 2 is 2.10 bits per heavy atom. The van der Waals surface area contributed by atoms with Crippen molar-refractivity contribution in [2.45, 2.75) is 39.3 Å². The Labute approximate surface area is 119 Å². The Hall–Kier alpha value is -1.74. The first kappa shape index (κ1) is 13.3. The summed E-state index contributed by atoms with van der Waals surface area (Å²) in [5.41, 5.74) is 2.50. The van der Waals surface area contributed by atoms with Crippen molar-refractivity contribution in [3.63, 3.8) is 0 Å². The molecule has 0 aliphatic carbocycles. The molecule has 2 aromatic rings. The van der Waals surface area contributed by atoms with Crippen molar-refractivity contribution >= 4 is 0 Å². The lowest BCUT2D eigenvalue weighted by Crippen LogP contribution is -2.35. The molecule has 3 heteroatoms. The number of rotatable bonds is 4. The number of nitrogens with one attached hydrogen (secondary N) is 1. The highest BCUT2D eigenvalue weighted by Gasteiger charge is 2.32. The molecule has 2 unspecified atom stereocenters. The molecule has 1 N–H and O–H groups in total. The van der Waals surface area contributed by atoms with Gasteiger partial charge in [-0.2, -0.15) is 0 Å². The molecule has 2 atom stereocenters. The minimum Gasteiger partial charge on any atom is -0.488 e. The molecule has 3 rings (SSSR count). The van der Waals surface area contributed by atoms with Crippen molar-refractivity contribution in [1.82, 2.24) is 5.32 Å². The largest absolute Gasteiger partial charge is 0.488 e. The van der Waals surface area contributed by atoms with E-state index in [4.69, 9.17) is 9.15 Å². The van der Waals surface area contributed by atoms with Crippen LogP contribution in [0.1, 0.15) is 35.6 Å². The smallest absolute Gasteiger partial charge is 0.123 e. The zero-order valence-corrected chi connectivity index (χ0v) is 12.3. The Balaban J connectivity index is 1.88. The van der Waals surface area contributed by atoms with E-state index in [9.17, 15) is 0 Å². The number of fused-ring (bicyclic) bond motifs is 1. The second-order valence-electron chi connectivity index (χ2n) is 5.37. The van der Waals surface area contributed by atoms with Crippen LogP contribution in [0.15, 0.2) is 34.7 Å². The summed E-state index contributed by atoms with van der Waals surface area (Å²) < 4.78 is 11.8. The van der Waals surface area contributed by atoms with Gasteiger partial charge < -0.3 is 14.5 Å². The fourth-order valence-electron chi connectivity index (χ4n) is 3.02. The molecule has 20 heavy (non-hydrogen) atoms. The zero-order chi connectivity index (χ0) is 14.1. The van der Waals surface area contributed by atoms with Gasteiger partial charge in [-0.05, 0) is 38.1 Å². The molecule has 2 heterocycles. The van der Waals surface area contributed by atoms with Gasteiger partial charge in [-0.15, -0.1) is 0 Å². The summed E-state index contributed by atoms with van der Waals surface area (Å²) in [6, 6.07) is 10.6. The van der Waals surface area contributed by atoms with Gasteiger partial charge in [0.25, 0.3) is 0 Å².